The number of carbonyl (C=O) groups is 1. The summed E-state index contributed by atoms with van der Waals surface area (Å²) >= 11 is 17.6. The molecule has 3 heterocycles. The minimum Gasteiger partial charge on any atom is -0.351 e. The van der Waals surface area contributed by atoms with E-state index < -0.39 is 9.84 Å². The molecule has 2 aromatic heterocycles. The van der Waals surface area contributed by atoms with Crippen molar-refractivity contribution in [2.24, 2.45) is 0 Å². The van der Waals surface area contributed by atoms with Crippen LogP contribution >= 0.6 is 35.4 Å². The zero-order valence-electron chi connectivity index (χ0n) is 14.6. The van der Waals surface area contributed by atoms with Crippen LogP contribution in [0, 0.1) is 4.77 Å². The fourth-order valence-electron chi connectivity index (χ4n) is 2.97. The number of nitrogens with zero attached hydrogens (tertiary/aromatic N) is 4. The fraction of sp³-hybridized carbons (Fsp3) is 0.533. The number of hydrogen-bond donors (Lipinski definition) is 1. The molecular formula is C15H19Cl2N5O3S2. The van der Waals surface area contributed by atoms with Crippen molar-refractivity contribution in [2.75, 3.05) is 24.6 Å². The van der Waals surface area contributed by atoms with E-state index in [0.29, 0.717) is 40.1 Å². The minimum absolute atomic E-state index is 0.00160. The van der Waals surface area contributed by atoms with E-state index >= 15 is 0 Å². The lowest BCUT2D eigenvalue weighted by atomic mass is 10.2. The van der Waals surface area contributed by atoms with Gasteiger partial charge in [0, 0.05) is 12.2 Å². The van der Waals surface area contributed by atoms with Crippen LogP contribution in [0.4, 0.5) is 0 Å². The van der Waals surface area contributed by atoms with Crippen LogP contribution in [-0.4, -0.2) is 64.0 Å². The average molecular weight is 452 g/mol. The van der Waals surface area contributed by atoms with Crippen LogP contribution in [0.15, 0.2) is 12.3 Å². The molecule has 3 rings (SSSR count). The molecule has 12 heteroatoms. The molecule has 0 bridgehead atoms. The number of sulfone groups is 1. The van der Waals surface area contributed by atoms with E-state index in [1.807, 2.05) is 11.8 Å². The topological polar surface area (TPSA) is 88.7 Å². The highest BCUT2D eigenvalue weighted by molar-refractivity contribution is 7.91. The van der Waals surface area contributed by atoms with Gasteiger partial charge in [0.05, 0.1) is 34.8 Å². The largest absolute Gasteiger partial charge is 0.351 e. The summed E-state index contributed by atoms with van der Waals surface area (Å²) in [6.07, 6.45) is 2.09. The molecule has 0 spiro atoms. The van der Waals surface area contributed by atoms with E-state index in [0.717, 1.165) is 0 Å². The lowest BCUT2D eigenvalue weighted by Gasteiger charge is -2.20. The first kappa shape index (κ1) is 20.5. The van der Waals surface area contributed by atoms with Crippen LogP contribution in [0.2, 0.25) is 10.0 Å². The Morgan fingerprint density at radius 3 is 2.85 bits per heavy atom. The van der Waals surface area contributed by atoms with Crippen molar-refractivity contribution < 1.29 is 13.2 Å². The van der Waals surface area contributed by atoms with Crippen LogP contribution < -0.4 is 5.32 Å². The van der Waals surface area contributed by atoms with E-state index in [1.54, 1.807) is 21.3 Å². The Balaban J connectivity index is 1.69. The number of hydrogen-bond acceptors (Lipinski definition) is 6. The molecular weight excluding hydrogens is 433 g/mol. The molecule has 1 atom stereocenters. The Morgan fingerprint density at radius 2 is 2.22 bits per heavy atom. The number of likely N-dealkylation sites (N-methyl/N-ethyl adjacent to an activating group) is 1. The molecule has 0 aliphatic carbocycles. The van der Waals surface area contributed by atoms with Gasteiger partial charge in [-0.25, -0.2) is 13.1 Å². The number of amides is 1. The predicted octanol–water partition coefficient (Wildman–Crippen LogP) is 1.75. The summed E-state index contributed by atoms with van der Waals surface area (Å²) in [4.78, 5) is 14.1. The van der Waals surface area contributed by atoms with Crippen molar-refractivity contribution in [1.29, 1.82) is 0 Å². The van der Waals surface area contributed by atoms with Gasteiger partial charge in [-0.05, 0) is 31.2 Å². The van der Waals surface area contributed by atoms with E-state index in [9.17, 15) is 13.2 Å². The van der Waals surface area contributed by atoms with Gasteiger partial charge < -0.3 is 5.32 Å². The first-order valence-electron chi connectivity index (χ1n) is 8.35. The number of aromatic nitrogens is 3. The lowest BCUT2D eigenvalue weighted by Crippen LogP contribution is -2.43. The van der Waals surface area contributed by atoms with Crippen molar-refractivity contribution in [3.05, 3.63) is 27.1 Å². The van der Waals surface area contributed by atoms with E-state index in [1.165, 1.54) is 0 Å². The van der Waals surface area contributed by atoms with E-state index in [2.05, 4.69) is 10.4 Å². The van der Waals surface area contributed by atoms with Gasteiger partial charge in [-0.3, -0.25) is 14.1 Å². The zero-order valence-corrected chi connectivity index (χ0v) is 17.7. The number of carbonyl (C=O) groups excluding carboxylic acids is 1. The van der Waals surface area contributed by atoms with Crippen molar-refractivity contribution >= 4 is 56.8 Å². The highest BCUT2D eigenvalue weighted by Gasteiger charge is 2.29. The van der Waals surface area contributed by atoms with Crippen LogP contribution in [0.1, 0.15) is 13.3 Å². The molecule has 0 radical (unpaired) electrons. The second kappa shape index (κ2) is 8.04. The Morgan fingerprint density at radius 1 is 1.48 bits per heavy atom. The normalized spacial score (nSPS) is 19.0. The third kappa shape index (κ3) is 4.80. The van der Waals surface area contributed by atoms with Crippen LogP contribution in [-0.2, 0) is 21.3 Å². The summed E-state index contributed by atoms with van der Waals surface area (Å²) < 4.78 is 26.6. The molecule has 0 aromatic carbocycles. The Hall–Kier alpha value is -1.20. The number of rotatable bonds is 6. The summed E-state index contributed by atoms with van der Waals surface area (Å²) in [5, 5.41) is 8.02. The SMILES string of the molecule is CCN(CC(=O)N[C@H]1CCS(=O)(=O)C1)Cn1nc2c(Cl)cc(Cl)cn2c1=S. The molecule has 1 saturated heterocycles. The molecule has 2 aromatic rings. The molecule has 8 nitrogen and oxygen atoms in total. The Kier molecular flexibility index (Phi) is 6.11. The average Bonchev–Trinajstić information content (AvgIpc) is 3.07. The van der Waals surface area contributed by atoms with E-state index in [-0.39, 0.29) is 30.0 Å². The molecule has 148 valence electrons. The quantitative estimate of drug-likeness (QED) is 0.672. The van der Waals surface area contributed by atoms with Crippen molar-refractivity contribution in [3.8, 4) is 0 Å². The maximum absolute atomic E-state index is 12.3. The van der Waals surface area contributed by atoms with E-state index in [4.69, 9.17) is 35.4 Å². The monoisotopic (exact) mass is 451 g/mol. The molecule has 1 aliphatic rings. The first-order valence-corrected chi connectivity index (χ1v) is 11.3. The number of fused-ring (bicyclic) bond motifs is 1. The molecule has 0 saturated carbocycles. The molecule has 1 fully saturated rings. The fourth-order valence-corrected chi connectivity index (χ4v) is 5.39. The maximum atomic E-state index is 12.3. The highest BCUT2D eigenvalue weighted by atomic mass is 35.5. The van der Waals surface area contributed by atoms with Gasteiger partial charge in [-0.15, -0.1) is 5.10 Å². The standard InChI is InChI=1S/C15H19Cl2N5O3S2/c1-2-20(7-13(23)18-11-3-4-27(24,25)8-11)9-22-15(26)21-6-10(16)5-12(17)14(21)19-22/h5-6,11H,2-4,7-9H2,1H3,(H,18,23)/t11-/m0/s1. The van der Waals surface area contributed by atoms with Gasteiger partial charge in [0.1, 0.15) is 0 Å². The summed E-state index contributed by atoms with van der Waals surface area (Å²) in [6, 6.07) is 1.27. The molecule has 27 heavy (non-hydrogen) atoms. The van der Waals surface area contributed by atoms with Crippen molar-refractivity contribution in [1.82, 2.24) is 24.4 Å². The van der Waals surface area contributed by atoms with Gasteiger partial charge in [0.2, 0.25) is 10.7 Å². The van der Waals surface area contributed by atoms with Crippen molar-refractivity contribution in [2.45, 2.75) is 26.1 Å². The second-order valence-electron chi connectivity index (χ2n) is 6.44. The van der Waals surface area contributed by atoms with Gasteiger partial charge in [-0.1, -0.05) is 30.1 Å². The molecule has 1 aliphatic heterocycles. The molecule has 0 unspecified atom stereocenters. The van der Waals surface area contributed by atoms with Crippen LogP contribution in [0.5, 0.6) is 0 Å². The van der Waals surface area contributed by atoms with Gasteiger partial charge in [0.15, 0.2) is 15.5 Å². The summed E-state index contributed by atoms with van der Waals surface area (Å²) in [7, 11) is -3.03. The van der Waals surface area contributed by atoms with Gasteiger partial charge in [0.25, 0.3) is 0 Å². The lowest BCUT2D eigenvalue weighted by molar-refractivity contribution is -0.123. The summed E-state index contributed by atoms with van der Waals surface area (Å²) in [5.74, 6) is -0.105. The van der Waals surface area contributed by atoms with Gasteiger partial charge in [-0.2, -0.15) is 0 Å². The Labute approximate surface area is 172 Å². The van der Waals surface area contributed by atoms with Gasteiger partial charge >= 0.3 is 0 Å². The predicted molar refractivity (Wildman–Crippen MR) is 106 cm³/mol. The number of pyridine rings is 1. The summed E-state index contributed by atoms with van der Waals surface area (Å²) in [5.41, 5.74) is 0.489. The zero-order chi connectivity index (χ0) is 19.8. The third-order valence-corrected chi connectivity index (χ3v) is 7.01. The van der Waals surface area contributed by atoms with Crippen LogP contribution in [0.3, 0.4) is 0 Å². The number of halogens is 2. The third-order valence-electron chi connectivity index (χ3n) is 4.35. The minimum atomic E-state index is -3.03. The second-order valence-corrected chi connectivity index (χ2v) is 9.87. The maximum Gasteiger partial charge on any atom is 0.234 e. The summed E-state index contributed by atoms with van der Waals surface area (Å²) in [6.45, 7) is 2.90. The highest BCUT2D eigenvalue weighted by Crippen LogP contribution is 2.21. The van der Waals surface area contributed by atoms with Crippen LogP contribution in [0.25, 0.3) is 5.65 Å². The molecule has 1 amide bonds. The smallest absolute Gasteiger partial charge is 0.234 e. The van der Waals surface area contributed by atoms with Crippen molar-refractivity contribution in [3.63, 3.8) is 0 Å². The first-order chi connectivity index (χ1) is 12.7. The molecule has 1 N–H and O–H groups in total. The number of nitrogens with one attached hydrogen (secondary N) is 1. The Bertz CT molecular complexity index is 1030.